The van der Waals surface area contributed by atoms with Crippen molar-refractivity contribution in [3.05, 3.63) is 0 Å². The van der Waals surface area contributed by atoms with Crippen LogP contribution in [0.2, 0.25) is 0 Å². The number of hydrogen-bond donors (Lipinski definition) is 0. The van der Waals surface area contributed by atoms with E-state index in [2.05, 4.69) is 0 Å². The zero-order valence-corrected chi connectivity index (χ0v) is 9.50. The molecule has 0 unspecified atom stereocenters. The first-order valence-corrected chi connectivity index (χ1v) is 6.26. The maximum absolute atomic E-state index is 11.6. The van der Waals surface area contributed by atoms with Crippen LogP contribution < -0.4 is 0 Å². The molecular weight excluding hydrogens is 188 g/mol. The van der Waals surface area contributed by atoms with Gasteiger partial charge in [-0.1, -0.05) is 0 Å². The zero-order valence-electron chi connectivity index (χ0n) is 8.69. The number of sulfonamides is 1. The van der Waals surface area contributed by atoms with Crippen molar-refractivity contribution in [3.8, 4) is 0 Å². The van der Waals surface area contributed by atoms with E-state index in [1.807, 2.05) is 32.7 Å². The smallest absolute Gasteiger partial charge is 0.224 e. The van der Waals surface area contributed by atoms with Gasteiger partial charge in [0.15, 0.2) is 0 Å². The van der Waals surface area contributed by atoms with Crippen molar-refractivity contribution in [3.63, 3.8) is 0 Å². The molecule has 0 bridgehead atoms. The van der Waals surface area contributed by atoms with Crippen LogP contribution in [0, 0.1) is 0 Å². The molecule has 0 aliphatic carbocycles. The molecule has 0 radical (unpaired) electrons. The van der Waals surface area contributed by atoms with Crippen molar-refractivity contribution < 1.29 is 8.42 Å². The topological polar surface area (TPSA) is 40.6 Å². The van der Waals surface area contributed by atoms with Crippen LogP contribution in [-0.4, -0.2) is 42.2 Å². The summed E-state index contributed by atoms with van der Waals surface area (Å²) in [7, 11) is -3.02. The van der Waals surface area contributed by atoms with Gasteiger partial charge in [-0.25, -0.2) is 13.4 Å². The van der Waals surface area contributed by atoms with Crippen LogP contribution in [0.25, 0.3) is 0 Å². The Balaban J connectivity index is 2.93. The summed E-state index contributed by atoms with van der Waals surface area (Å²) in [6.45, 7) is 8.45. The van der Waals surface area contributed by atoms with Gasteiger partial charge in [-0.05, 0) is 27.7 Å². The monoisotopic (exact) mass is 206 g/mol. The van der Waals surface area contributed by atoms with Gasteiger partial charge in [0, 0.05) is 18.6 Å². The van der Waals surface area contributed by atoms with Gasteiger partial charge in [-0.3, -0.25) is 0 Å². The number of rotatable bonds is 2. The first-order valence-electron chi connectivity index (χ1n) is 4.65. The number of nitrogens with zero attached hydrogens (tertiary/aromatic N) is 2. The second kappa shape index (κ2) is 3.55. The Morgan fingerprint density at radius 1 is 1.08 bits per heavy atom. The van der Waals surface area contributed by atoms with Crippen LogP contribution in [0.1, 0.15) is 27.7 Å². The van der Waals surface area contributed by atoms with Crippen molar-refractivity contribution in [2.45, 2.75) is 39.8 Å². The Kier molecular flexibility index (Phi) is 2.99. The summed E-state index contributed by atoms with van der Waals surface area (Å²) < 4.78 is 24.7. The van der Waals surface area contributed by atoms with E-state index in [-0.39, 0.29) is 17.8 Å². The molecule has 0 spiro atoms. The zero-order chi connectivity index (χ0) is 10.2. The first-order chi connectivity index (χ1) is 5.86. The van der Waals surface area contributed by atoms with E-state index >= 15 is 0 Å². The highest BCUT2D eigenvalue weighted by Crippen LogP contribution is 2.21. The van der Waals surface area contributed by atoms with Crippen molar-refractivity contribution >= 4 is 10.0 Å². The van der Waals surface area contributed by atoms with E-state index in [0.717, 1.165) is 0 Å². The van der Waals surface area contributed by atoms with Crippen LogP contribution >= 0.6 is 0 Å². The first kappa shape index (κ1) is 10.9. The molecule has 0 amide bonds. The fourth-order valence-electron chi connectivity index (χ4n) is 1.66. The van der Waals surface area contributed by atoms with Crippen molar-refractivity contribution in [2.75, 3.05) is 12.3 Å². The van der Waals surface area contributed by atoms with E-state index in [1.54, 1.807) is 0 Å². The molecule has 1 rings (SSSR count). The fourth-order valence-corrected chi connectivity index (χ4v) is 3.50. The van der Waals surface area contributed by atoms with E-state index in [0.29, 0.717) is 6.54 Å². The highest BCUT2D eigenvalue weighted by Gasteiger charge is 2.38. The second-order valence-corrected chi connectivity index (χ2v) is 5.89. The lowest BCUT2D eigenvalue weighted by atomic mass is 10.3. The second-order valence-electron chi connectivity index (χ2n) is 3.94. The Morgan fingerprint density at radius 2 is 1.62 bits per heavy atom. The third kappa shape index (κ3) is 2.03. The minimum atomic E-state index is -3.02. The minimum Gasteiger partial charge on any atom is -0.224 e. The maximum atomic E-state index is 11.6. The predicted molar refractivity (Wildman–Crippen MR) is 52.6 cm³/mol. The Labute approximate surface area is 80.5 Å². The third-order valence-corrected chi connectivity index (χ3v) is 4.05. The summed E-state index contributed by atoms with van der Waals surface area (Å²) in [6, 6.07) is 0.273. The average molecular weight is 206 g/mol. The van der Waals surface area contributed by atoms with Gasteiger partial charge in [0.25, 0.3) is 0 Å². The Morgan fingerprint density at radius 3 is 1.92 bits per heavy atom. The van der Waals surface area contributed by atoms with Crippen LogP contribution in [-0.2, 0) is 10.0 Å². The van der Waals surface area contributed by atoms with E-state index in [1.165, 1.54) is 4.41 Å². The lowest BCUT2D eigenvalue weighted by Crippen LogP contribution is -2.46. The number of hydrazine groups is 1. The summed E-state index contributed by atoms with van der Waals surface area (Å²) >= 11 is 0. The molecule has 13 heavy (non-hydrogen) atoms. The van der Waals surface area contributed by atoms with Crippen LogP contribution in [0.4, 0.5) is 0 Å². The quantitative estimate of drug-likeness (QED) is 0.666. The molecule has 0 N–H and O–H groups in total. The molecule has 5 heteroatoms. The van der Waals surface area contributed by atoms with Gasteiger partial charge in [-0.15, -0.1) is 4.41 Å². The van der Waals surface area contributed by atoms with Gasteiger partial charge in [-0.2, -0.15) is 0 Å². The summed E-state index contributed by atoms with van der Waals surface area (Å²) in [5.74, 6) is 0.253. The largest absolute Gasteiger partial charge is 0.228 e. The Hall–Kier alpha value is -0.130. The molecule has 78 valence electrons. The van der Waals surface area contributed by atoms with Gasteiger partial charge < -0.3 is 0 Å². The predicted octanol–water partition coefficient (Wildman–Crippen LogP) is 0.666. The van der Waals surface area contributed by atoms with Crippen molar-refractivity contribution in [1.82, 2.24) is 9.42 Å². The summed E-state index contributed by atoms with van der Waals surface area (Å²) in [5.41, 5.74) is 0. The molecule has 1 fully saturated rings. The van der Waals surface area contributed by atoms with E-state index in [4.69, 9.17) is 0 Å². The molecule has 1 saturated heterocycles. The lowest BCUT2D eigenvalue weighted by Gasteiger charge is -2.32. The molecule has 4 nitrogen and oxygen atoms in total. The van der Waals surface area contributed by atoms with Gasteiger partial charge in [0.1, 0.15) is 0 Å². The molecule has 0 saturated carbocycles. The molecule has 1 aliphatic rings. The minimum absolute atomic E-state index is 0.0231. The van der Waals surface area contributed by atoms with Crippen LogP contribution in [0.15, 0.2) is 0 Å². The average Bonchev–Trinajstić information content (AvgIpc) is 2.24. The standard InChI is InChI=1S/C8H18N2O2S/c1-7(2)9-5-6-13(11,12)10(9)8(3)4/h7-8H,5-6H2,1-4H3. The molecule has 1 aliphatic heterocycles. The van der Waals surface area contributed by atoms with Crippen LogP contribution in [0.3, 0.4) is 0 Å². The SMILES string of the molecule is CC(C)N1CCS(=O)(=O)N1C(C)C. The van der Waals surface area contributed by atoms with E-state index in [9.17, 15) is 8.42 Å². The lowest BCUT2D eigenvalue weighted by molar-refractivity contribution is 0.0287. The molecule has 1 heterocycles. The number of hydrogen-bond acceptors (Lipinski definition) is 3. The normalized spacial score (nSPS) is 24.8. The molecule has 0 aromatic rings. The maximum Gasteiger partial charge on any atom is 0.228 e. The molecule has 0 aromatic heterocycles. The summed E-state index contributed by atoms with van der Waals surface area (Å²) in [6.07, 6.45) is 0. The summed E-state index contributed by atoms with van der Waals surface area (Å²) in [5, 5.41) is 1.92. The molecule has 0 atom stereocenters. The van der Waals surface area contributed by atoms with Gasteiger partial charge >= 0.3 is 0 Å². The van der Waals surface area contributed by atoms with E-state index < -0.39 is 10.0 Å². The molecule has 0 aromatic carbocycles. The highest BCUT2D eigenvalue weighted by molar-refractivity contribution is 7.89. The third-order valence-electron chi connectivity index (χ3n) is 2.15. The van der Waals surface area contributed by atoms with Crippen LogP contribution in [0.5, 0.6) is 0 Å². The Bertz CT molecular complexity index is 272. The highest BCUT2D eigenvalue weighted by atomic mass is 32.2. The van der Waals surface area contributed by atoms with Gasteiger partial charge in [0.2, 0.25) is 10.0 Å². The van der Waals surface area contributed by atoms with Gasteiger partial charge in [0.05, 0.1) is 5.75 Å². The molecular formula is C8H18N2O2S. The summed E-state index contributed by atoms with van der Waals surface area (Å²) in [4.78, 5) is 0. The van der Waals surface area contributed by atoms with Crippen molar-refractivity contribution in [1.29, 1.82) is 0 Å². The van der Waals surface area contributed by atoms with Crippen molar-refractivity contribution in [2.24, 2.45) is 0 Å². The fraction of sp³-hybridized carbons (Fsp3) is 1.00.